The molecule has 2 N–H and O–H groups in total. The summed E-state index contributed by atoms with van der Waals surface area (Å²) in [6, 6.07) is 12.2. The molecule has 0 aliphatic heterocycles. The summed E-state index contributed by atoms with van der Waals surface area (Å²) in [5.74, 6) is 1.77. The molecular weight excluding hydrogens is 493 g/mol. The molecule has 5 aromatic rings. The molecule has 6 nitrogen and oxygen atoms in total. The largest absolute Gasteiger partial charge is 0.444 e. The van der Waals surface area contributed by atoms with E-state index in [9.17, 15) is 0 Å². The fourth-order valence-corrected chi connectivity index (χ4v) is 4.22. The van der Waals surface area contributed by atoms with Gasteiger partial charge in [-0.3, -0.25) is 0 Å². The monoisotopic (exact) mass is 519 g/mol. The number of imidazole rings is 1. The summed E-state index contributed by atoms with van der Waals surface area (Å²) in [6.45, 7) is 9.18. The van der Waals surface area contributed by atoms with Gasteiger partial charge in [-0.25, -0.2) is 9.97 Å². The number of aromatic nitrogens is 4. The zero-order valence-electron chi connectivity index (χ0n) is 19.3. The maximum absolute atomic E-state index is 6.30. The van der Waals surface area contributed by atoms with Crippen molar-refractivity contribution in [2.75, 3.05) is 6.54 Å². The van der Waals surface area contributed by atoms with Gasteiger partial charge in [-0.15, -0.1) is 24.8 Å². The second kappa shape index (κ2) is 10.8. The lowest BCUT2D eigenvalue weighted by atomic mass is 10.2. The first kappa shape index (κ1) is 26.1. The molecule has 3 heterocycles. The van der Waals surface area contributed by atoms with Crippen LogP contribution in [0, 0.1) is 5.92 Å². The molecule has 0 bridgehead atoms. The van der Waals surface area contributed by atoms with E-state index in [1.165, 1.54) is 5.56 Å². The van der Waals surface area contributed by atoms with E-state index in [0.29, 0.717) is 28.3 Å². The third kappa shape index (κ3) is 5.10. The third-order valence-electron chi connectivity index (χ3n) is 5.51. The number of aromatic amines is 1. The number of nitrogens with zero attached hydrogens (tertiary/aromatic N) is 3. The molecule has 34 heavy (non-hydrogen) atoms. The molecule has 0 saturated carbocycles. The molecule has 9 heteroatoms. The van der Waals surface area contributed by atoms with Crippen LogP contribution in [0.5, 0.6) is 0 Å². The molecule has 3 aromatic heterocycles. The van der Waals surface area contributed by atoms with E-state index in [1.54, 1.807) is 6.26 Å². The number of H-pyrrole nitrogens is 1. The molecule has 2 aromatic carbocycles. The summed E-state index contributed by atoms with van der Waals surface area (Å²) in [6.07, 6.45) is 3.75. The Labute approximate surface area is 215 Å². The Balaban J connectivity index is 0.00000162. The van der Waals surface area contributed by atoms with Gasteiger partial charge < -0.3 is 19.3 Å². The number of benzene rings is 2. The van der Waals surface area contributed by atoms with E-state index >= 15 is 0 Å². The molecule has 0 atom stereocenters. The maximum atomic E-state index is 6.30. The maximum Gasteiger partial charge on any atom is 0.228 e. The third-order valence-corrected chi connectivity index (χ3v) is 5.74. The van der Waals surface area contributed by atoms with Crippen LogP contribution in [-0.2, 0) is 13.1 Å². The Morgan fingerprint density at radius 2 is 1.94 bits per heavy atom. The minimum atomic E-state index is 0. The average Bonchev–Trinajstić information content (AvgIpc) is 3.48. The number of fused-ring (bicyclic) bond motifs is 2. The Bertz CT molecular complexity index is 1400. The Kier molecular flexibility index (Phi) is 8.31. The highest BCUT2D eigenvalue weighted by Crippen LogP contribution is 2.34. The minimum Gasteiger partial charge on any atom is -0.444 e. The van der Waals surface area contributed by atoms with Crippen LogP contribution in [0.15, 0.2) is 53.3 Å². The van der Waals surface area contributed by atoms with E-state index in [2.05, 4.69) is 60.0 Å². The molecule has 0 spiro atoms. The summed E-state index contributed by atoms with van der Waals surface area (Å²) in [7, 11) is 0. The predicted octanol–water partition coefficient (Wildman–Crippen LogP) is 7.10. The highest BCUT2D eigenvalue weighted by Gasteiger charge is 2.18. The lowest BCUT2D eigenvalue weighted by Crippen LogP contribution is -2.11. The van der Waals surface area contributed by atoms with Crippen LogP contribution in [0.25, 0.3) is 44.9 Å². The van der Waals surface area contributed by atoms with Crippen molar-refractivity contribution in [1.29, 1.82) is 0 Å². The first-order chi connectivity index (χ1) is 15.5. The molecule has 0 radical (unpaired) electrons. The van der Waals surface area contributed by atoms with Crippen LogP contribution < -0.4 is 5.32 Å². The summed E-state index contributed by atoms with van der Waals surface area (Å²) < 4.78 is 8.15. The van der Waals surface area contributed by atoms with E-state index in [0.717, 1.165) is 47.1 Å². The number of rotatable bonds is 7. The standard InChI is InChI=1S/C25H26ClN5O.2ClH/c1-4-27-11-16-5-7-20-21(9-16)29-24(28-20)22-14-32-25(30-22)19-13-31(12-15(2)3)23-8-6-17(26)10-18(19)23;;/h5-10,13-15,27H,4,11-12H2,1-3H3,(H,28,29);2*1H. The molecule has 0 saturated heterocycles. The smallest absolute Gasteiger partial charge is 0.228 e. The minimum absolute atomic E-state index is 0. The van der Waals surface area contributed by atoms with E-state index < -0.39 is 0 Å². The van der Waals surface area contributed by atoms with Gasteiger partial charge >= 0.3 is 0 Å². The summed E-state index contributed by atoms with van der Waals surface area (Å²) in [4.78, 5) is 12.9. The van der Waals surface area contributed by atoms with Gasteiger partial charge in [-0.05, 0) is 48.4 Å². The zero-order valence-corrected chi connectivity index (χ0v) is 21.7. The van der Waals surface area contributed by atoms with Crippen molar-refractivity contribution in [3.05, 3.63) is 59.4 Å². The number of nitrogens with one attached hydrogen (secondary N) is 2. The van der Waals surface area contributed by atoms with Crippen LogP contribution in [0.1, 0.15) is 26.3 Å². The predicted molar refractivity (Wildman–Crippen MR) is 144 cm³/mol. The molecular formula is C25H28Cl3N5O. The number of halogens is 3. The van der Waals surface area contributed by atoms with Crippen LogP contribution in [-0.4, -0.2) is 26.1 Å². The number of hydrogen-bond acceptors (Lipinski definition) is 4. The zero-order chi connectivity index (χ0) is 22.2. The van der Waals surface area contributed by atoms with Gasteiger partial charge in [0.15, 0.2) is 5.82 Å². The van der Waals surface area contributed by atoms with Gasteiger partial charge in [0.2, 0.25) is 5.89 Å². The van der Waals surface area contributed by atoms with Gasteiger partial charge in [0.25, 0.3) is 0 Å². The van der Waals surface area contributed by atoms with Crippen molar-refractivity contribution in [3.8, 4) is 23.0 Å². The van der Waals surface area contributed by atoms with Gasteiger partial charge in [-0.2, -0.15) is 0 Å². The van der Waals surface area contributed by atoms with Crippen molar-refractivity contribution in [2.24, 2.45) is 5.92 Å². The van der Waals surface area contributed by atoms with E-state index in [-0.39, 0.29) is 24.8 Å². The average molecular weight is 521 g/mol. The quantitative estimate of drug-likeness (QED) is 0.240. The Hall–Kier alpha value is -2.51. The number of oxazole rings is 1. The van der Waals surface area contributed by atoms with Crippen LogP contribution in [0.4, 0.5) is 0 Å². The molecule has 0 amide bonds. The normalized spacial score (nSPS) is 11.2. The highest BCUT2D eigenvalue weighted by molar-refractivity contribution is 6.31. The molecule has 5 rings (SSSR count). The van der Waals surface area contributed by atoms with Crippen LogP contribution in [0.3, 0.4) is 0 Å². The highest BCUT2D eigenvalue weighted by atomic mass is 35.5. The Morgan fingerprint density at radius 1 is 1.12 bits per heavy atom. The topological polar surface area (TPSA) is 71.7 Å². The van der Waals surface area contributed by atoms with Crippen molar-refractivity contribution in [2.45, 2.75) is 33.9 Å². The van der Waals surface area contributed by atoms with E-state index in [1.807, 2.05) is 18.2 Å². The second-order valence-corrected chi connectivity index (χ2v) is 8.94. The Morgan fingerprint density at radius 3 is 2.71 bits per heavy atom. The second-order valence-electron chi connectivity index (χ2n) is 8.51. The van der Waals surface area contributed by atoms with Crippen LogP contribution >= 0.6 is 36.4 Å². The summed E-state index contributed by atoms with van der Waals surface area (Å²) in [5.41, 5.74) is 5.83. The van der Waals surface area contributed by atoms with E-state index in [4.69, 9.17) is 26.0 Å². The molecule has 0 aliphatic carbocycles. The van der Waals surface area contributed by atoms with Crippen molar-refractivity contribution < 1.29 is 4.42 Å². The first-order valence-electron chi connectivity index (χ1n) is 11.0. The fraction of sp³-hybridized carbons (Fsp3) is 0.280. The van der Waals surface area contributed by atoms with Crippen molar-refractivity contribution in [3.63, 3.8) is 0 Å². The van der Waals surface area contributed by atoms with Crippen LogP contribution in [0.2, 0.25) is 5.02 Å². The van der Waals surface area contributed by atoms with Crippen molar-refractivity contribution in [1.82, 2.24) is 24.8 Å². The SMILES string of the molecule is CCNCc1ccc2nc(-c3coc(-c4cn(CC(C)C)c5ccc(Cl)cc45)n3)[nH]c2c1.Cl.Cl. The lowest BCUT2D eigenvalue weighted by Gasteiger charge is -2.07. The summed E-state index contributed by atoms with van der Waals surface area (Å²) in [5, 5.41) is 5.07. The lowest BCUT2D eigenvalue weighted by molar-refractivity contribution is 0.534. The van der Waals surface area contributed by atoms with Gasteiger partial charge in [-0.1, -0.05) is 38.4 Å². The molecule has 180 valence electrons. The van der Waals surface area contributed by atoms with Crippen molar-refractivity contribution >= 4 is 58.4 Å². The van der Waals surface area contributed by atoms with Gasteiger partial charge in [0, 0.05) is 35.2 Å². The molecule has 0 unspecified atom stereocenters. The van der Waals surface area contributed by atoms with Gasteiger partial charge in [0.1, 0.15) is 12.0 Å². The first-order valence-corrected chi connectivity index (χ1v) is 11.3. The summed E-state index contributed by atoms with van der Waals surface area (Å²) >= 11 is 6.30. The molecule has 0 aliphatic rings. The fourth-order valence-electron chi connectivity index (χ4n) is 4.05. The number of hydrogen-bond donors (Lipinski definition) is 2. The molecule has 0 fully saturated rings. The van der Waals surface area contributed by atoms with Gasteiger partial charge in [0.05, 0.1) is 16.6 Å².